The molecule has 0 atom stereocenters. The smallest absolute Gasteiger partial charge is 0.179 e. The fourth-order valence-corrected chi connectivity index (χ4v) is 1.63. The Hall–Kier alpha value is -0.930. The van der Waals surface area contributed by atoms with Crippen LogP contribution < -0.4 is 10.5 Å². The second-order valence-electron chi connectivity index (χ2n) is 2.74. The summed E-state index contributed by atoms with van der Waals surface area (Å²) in [5, 5.41) is 9.83. The average Bonchev–Trinajstić information content (AvgIpc) is 2.04. The Bertz CT molecular complexity index is 298. The maximum Gasteiger partial charge on any atom is 0.179 e. The maximum absolute atomic E-state index is 9.44. The molecule has 0 unspecified atom stereocenters. The lowest BCUT2D eigenvalue weighted by Gasteiger charge is -2.11. The van der Waals surface area contributed by atoms with Gasteiger partial charge in [-0.15, -0.1) is 0 Å². The molecular weight excluding hydrogens is 190 g/mol. The molecule has 4 heteroatoms. The first-order valence-corrected chi connectivity index (χ1v) is 4.24. The normalized spacial score (nSPS) is 10.2. The highest BCUT2D eigenvalue weighted by molar-refractivity contribution is 6.33. The summed E-state index contributed by atoms with van der Waals surface area (Å²) in [5.41, 5.74) is 7.17. The van der Waals surface area contributed by atoms with Gasteiger partial charge in [0.15, 0.2) is 11.5 Å². The van der Waals surface area contributed by atoms with Gasteiger partial charge in [-0.05, 0) is 24.1 Å². The largest absolute Gasteiger partial charge is 0.504 e. The third-order valence-corrected chi connectivity index (χ3v) is 2.33. The molecule has 0 bridgehead atoms. The SMILES string of the molecule is COc1c(O)cc(C)c(CN)c1Cl. The monoisotopic (exact) mass is 201 g/mol. The van der Waals surface area contributed by atoms with Crippen molar-refractivity contribution in [1.82, 2.24) is 0 Å². The number of methoxy groups -OCH3 is 1. The van der Waals surface area contributed by atoms with Crippen molar-refractivity contribution in [2.45, 2.75) is 13.5 Å². The number of hydrogen-bond acceptors (Lipinski definition) is 3. The first kappa shape index (κ1) is 10.2. The van der Waals surface area contributed by atoms with Gasteiger partial charge in [-0.3, -0.25) is 0 Å². The highest BCUT2D eigenvalue weighted by Gasteiger charge is 2.13. The van der Waals surface area contributed by atoms with E-state index in [-0.39, 0.29) is 11.5 Å². The van der Waals surface area contributed by atoms with Crippen molar-refractivity contribution >= 4 is 11.6 Å². The Balaban J connectivity index is 3.39. The van der Waals surface area contributed by atoms with E-state index < -0.39 is 0 Å². The van der Waals surface area contributed by atoms with Crippen molar-refractivity contribution < 1.29 is 9.84 Å². The van der Waals surface area contributed by atoms with E-state index in [0.29, 0.717) is 11.6 Å². The first-order valence-electron chi connectivity index (χ1n) is 3.86. The second-order valence-corrected chi connectivity index (χ2v) is 3.12. The Morgan fingerprint density at radius 1 is 1.62 bits per heavy atom. The molecule has 0 spiro atoms. The van der Waals surface area contributed by atoms with E-state index >= 15 is 0 Å². The van der Waals surface area contributed by atoms with E-state index in [2.05, 4.69) is 0 Å². The van der Waals surface area contributed by atoms with Crippen molar-refractivity contribution in [1.29, 1.82) is 0 Å². The van der Waals surface area contributed by atoms with E-state index in [0.717, 1.165) is 11.1 Å². The van der Waals surface area contributed by atoms with E-state index in [1.165, 1.54) is 7.11 Å². The number of aromatic hydroxyl groups is 1. The number of hydrogen-bond donors (Lipinski definition) is 2. The van der Waals surface area contributed by atoms with Gasteiger partial charge < -0.3 is 15.6 Å². The molecule has 0 saturated carbocycles. The molecule has 1 aromatic rings. The van der Waals surface area contributed by atoms with Gasteiger partial charge in [-0.1, -0.05) is 11.6 Å². The average molecular weight is 202 g/mol. The van der Waals surface area contributed by atoms with Gasteiger partial charge in [0, 0.05) is 6.54 Å². The summed E-state index contributed by atoms with van der Waals surface area (Å²) in [6, 6.07) is 1.59. The molecule has 0 aromatic heterocycles. The van der Waals surface area contributed by atoms with Crippen LogP contribution in [-0.2, 0) is 6.54 Å². The zero-order valence-corrected chi connectivity index (χ0v) is 8.35. The van der Waals surface area contributed by atoms with Crippen LogP contribution >= 0.6 is 11.6 Å². The minimum Gasteiger partial charge on any atom is -0.504 e. The van der Waals surface area contributed by atoms with Gasteiger partial charge in [0.25, 0.3) is 0 Å². The van der Waals surface area contributed by atoms with E-state index in [1.54, 1.807) is 6.07 Å². The van der Waals surface area contributed by atoms with Crippen LogP contribution in [0, 0.1) is 6.92 Å². The molecule has 1 aromatic carbocycles. The molecular formula is C9H12ClNO2. The van der Waals surface area contributed by atoms with Crippen LogP contribution in [0.3, 0.4) is 0 Å². The summed E-state index contributed by atoms with van der Waals surface area (Å²) in [7, 11) is 1.45. The van der Waals surface area contributed by atoms with Crippen molar-refractivity contribution in [2.75, 3.05) is 7.11 Å². The van der Waals surface area contributed by atoms with Crippen LogP contribution in [-0.4, -0.2) is 12.2 Å². The fourth-order valence-electron chi connectivity index (χ4n) is 1.23. The minimum atomic E-state index is 0.0437. The molecule has 0 fully saturated rings. The molecule has 0 aliphatic heterocycles. The van der Waals surface area contributed by atoms with Crippen molar-refractivity contribution in [2.24, 2.45) is 5.73 Å². The third kappa shape index (κ3) is 1.71. The van der Waals surface area contributed by atoms with Crippen LogP contribution in [0.2, 0.25) is 5.02 Å². The highest BCUT2D eigenvalue weighted by Crippen LogP contribution is 2.38. The first-order chi connectivity index (χ1) is 6.11. The predicted molar refractivity (Wildman–Crippen MR) is 52.3 cm³/mol. The molecule has 3 N–H and O–H groups in total. The molecule has 0 aliphatic carbocycles. The number of phenolic OH excluding ortho intramolecular Hbond substituents is 1. The summed E-state index contributed by atoms with van der Waals surface area (Å²) in [6.45, 7) is 2.18. The third-order valence-electron chi connectivity index (χ3n) is 1.93. The summed E-state index contributed by atoms with van der Waals surface area (Å²) in [5.74, 6) is 0.329. The van der Waals surface area contributed by atoms with Gasteiger partial charge in [-0.2, -0.15) is 0 Å². The minimum absolute atomic E-state index is 0.0437. The zero-order valence-electron chi connectivity index (χ0n) is 7.60. The Labute approximate surface area is 82.1 Å². The molecule has 0 aliphatic rings. The Kier molecular flexibility index (Phi) is 3.01. The number of nitrogens with two attached hydrogens (primary N) is 1. The number of ether oxygens (including phenoxy) is 1. The number of phenols is 1. The van der Waals surface area contributed by atoms with Crippen LogP contribution in [0.5, 0.6) is 11.5 Å². The molecule has 1 rings (SSSR count). The van der Waals surface area contributed by atoms with Gasteiger partial charge >= 0.3 is 0 Å². The molecule has 0 heterocycles. The van der Waals surface area contributed by atoms with E-state index in [9.17, 15) is 5.11 Å². The number of aryl methyl sites for hydroxylation is 1. The van der Waals surface area contributed by atoms with Crippen LogP contribution in [0.15, 0.2) is 6.07 Å². The number of benzene rings is 1. The molecule has 0 saturated heterocycles. The lowest BCUT2D eigenvalue weighted by molar-refractivity contribution is 0.373. The zero-order chi connectivity index (χ0) is 10.0. The van der Waals surface area contributed by atoms with Gasteiger partial charge in [-0.25, -0.2) is 0 Å². The Morgan fingerprint density at radius 3 is 2.69 bits per heavy atom. The Morgan fingerprint density at radius 2 is 2.23 bits per heavy atom. The van der Waals surface area contributed by atoms with Gasteiger partial charge in [0.1, 0.15) is 0 Å². The molecule has 0 amide bonds. The topological polar surface area (TPSA) is 55.5 Å². The van der Waals surface area contributed by atoms with Crippen LogP contribution in [0.1, 0.15) is 11.1 Å². The molecule has 0 radical (unpaired) electrons. The predicted octanol–water partition coefficient (Wildman–Crippen LogP) is 1.82. The molecule has 3 nitrogen and oxygen atoms in total. The standard InChI is InChI=1S/C9H12ClNO2/c1-5-3-7(12)9(13-2)8(10)6(5)4-11/h3,12H,4,11H2,1-2H3. The quantitative estimate of drug-likeness (QED) is 0.768. The van der Waals surface area contributed by atoms with Crippen molar-refractivity contribution in [3.05, 3.63) is 22.2 Å². The van der Waals surface area contributed by atoms with Crippen molar-refractivity contribution in [3.63, 3.8) is 0 Å². The maximum atomic E-state index is 9.44. The summed E-state index contributed by atoms with van der Waals surface area (Å²) >= 11 is 5.95. The highest BCUT2D eigenvalue weighted by atomic mass is 35.5. The van der Waals surface area contributed by atoms with E-state index in [4.69, 9.17) is 22.1 Å². The van der Waals surface area contributed by atoms with Crippen molar-refractivity contribution in [3.8, 4) is 11.5 Å². The fraction of sp³-hybridized carbons (Fsp3) is 0.333. The van der Waals surface area contributed by atoms with Crippen LogP contribution in [0.25, 0.3) is 0 Å². The lowest BCUT2D eigenvalue weighted by Crippen LogP contribution is -2.01. The lowest BCUT2D eigenvalue weighted by atomic mass is 10.1. The summed E-state index contributed by atoms with van der Waals surface area (Å²) < 4.78 is 4.94. The summed E-state index contributed by atoms with van der Waals surface area (Å²) in [4.78, 5) is 0. The number of halogens is 1. The number of rotatable bonds is 2. The summed E-state index contributed by atoms with van der Waals surface area (Å²) in [6.07, 6.45) is 0. The second kappa shape index (κ2) is 3.85. The van der Waals surface area contributed by atoms with Gasteiger partial charge in [0.2, 0.25) is 0 Å². The van der Waals surface area contributed by atoms with E-state index in [1.807, 2.05) is 6.92 Å². The molecule has 13 heavy (non-hydrogen) atoms. The molecule has 72 valence electrons. The van der Waals surface area contributed by atoms with Gasteiger partial charge in [0.05, 0.1) is 12.1 Å². The van der Waals surface area contributed by atoms with Crippen LogP contribution in [0.4, 0.5) is 0 Å².